The third kappa shape index (κ3) is 3.74. The predicted octanol–water partition coefficient (Wildman–Crippen LogP) is 5.46. The number of para-hydroxylation sites is 2. The maximum absolute atomic E-state index is 13.6. The van der Waals surface area contributed by atoms with Gasteiger partial charge in [0.15, 0.2) is 5.16 Å². The number of halogens is 1. The van der Waals surface area contributed by atoms with E-state index < -0.39 is 0 Å². The summed E-state index contributed by atoms with van der Waals surface area (Å²) in [7, 11) is 1.57. The summed E-state index contributed by atoms with van der Waals surface area (Å²) < 4.78 is 9.00. The van der Waals surface area contributed by atoms with E-state index in [2.05, 4.69) is 6.07 Å². The molecule has 0 bridgehead atoms. The molecule has 0 atom stereocenters. The minimum atomic E-state index is -0.216. The summed E-state index contributed by atoms with van der Waals surface area (Å²) >= 11 is 7.55. The van der Waals surface area contributed by atoms with Crippen LogP contribution in [0.3, 0.4) is 0 Å². The van der Waals surface area contributed by atoms with Gasteiger partial charge in [0.1, 0.15) is 11.8 Å². The Balaban J connectivity index is 1.67. The zero-order valence-electron chi connectivity index (χ0n) is 17.5. The van der Waals surface area contributed by atoms with Gasteiger partial charge in [-0.05, 0) is 48.0 Å². The Labute approximate surface area is 198 Å². The summed E-state index contributed by atoms with van der Waals surface area (Å²) in [6.45, 7) is 0. The third-order valence-electron chi connectivity index (χ3n) is 5.36. The number of aromatic nitrogens is 3. The zero-order valence-corrected chi connectivity index (χ0v) is 19.1. The van der Waals surface area contributed by atoms with E-state index in [0.29, 0.717) is 43.8 Å². The van der Waals surface area contributed by atoms with Crippen molar-refractivity contribution in [3.8, 4) is 17.5 Å². The number of pyridine rings is 1. The van der Waals surface area contributed by atoms with E-state index in [-0.39, 0.29) is 5.56 Å². The quantitative estimate of drug-likeness (QED) is 0.251. The van der Waals surface area contributed by atoms with Crippen LogP contribution < -0.4 is 10.3 Å². The summed E-state index contributed by atoms with van der Waals surface area (Å²) in [5.41, 5.74) is 3.21. The highest BCUT2D eigenvalue weighted by molar-refractivity contribution is 7.98. The van der Waals surface area contributed by atoms with Gasteiger partial charge in [-0.2, -0.15) is 5.26 Å². The van der Waals surface area contributed by atoms with E-state index in [4.69, 9.17) is 21.3 Å². The van der Waals surface area contributed by atoms with E-state index in [1.165, 1.54) is 11.8 Å². The Kier molecular flexibility index (Phi) is 5.55. The molecule has 8 heteroatoms. The summed E-state index contributed by atoms with van der Waals surface area (Å²) in [6.07, 6.45) is 3.84. The van der Waals surface area contributed by atoms with Crippen LogP contribution in [0.5, 0.6) is 5.75 Å². The molecule has 2 aromatic carbocycles. The fraction of sp³-hybridized carbons (Fsp3) is 0.0800. The van der Waals surface area contributed by atoms with E-state index in [9.17, 15) is 10.1 Å². The Morgan fingerprint density at radius 3 is 2.79 bits per heavy atom. The minimum Gasteiger partial charge on any atom is -0.495 e. The van der Waals surface area contributed by atoms with Gasteiger partial charge in [0.25, 0.3) is 5.56 Å². The van der Waals surface area contributed by atoms with Crippen molar-refractivity contribution in [3.63, 3.8) is 0 Å². The Morgan fingerprint density at radius 1 is 1.15 bits per heavy atom. The first-order valence-corrected chi connectivity index (χ1v) is 11.4. The number of nitriles is 1. The van der Waals surface area contributed by atoms with E-state index in [1.54, 1.807) is 35.9 Å². The Hall–Kier alpha value is -3.73. The number of benzene rings is 2. The summed E-state index contributed by atoms with van der Waals surface area (Å²) in [6, 6.07) is 20.4. The van der Waals surface area contributed by atoms with Gasteiger partial charge in [-0.3, -0.25) is 9.36 Å². The fourth-order valence-corrected chi connectivity index (χ4v) is 4.96. The number of thioether (sulfide) groups is 1. The van der Waals surface area contributed by atoms with E-state index >= 15 is 0 Å². The van der Waals surface area contributed by atoms with Crippen molar-refractivity contribution in [2.24, 2.45) is 0 Å². The predicted molar refractivity (Wildman–Crippen MR) is 131 cm³/mol. The highest BCUT2D eigenvalue weighted by atomic mass is 35.5. The topological polar surface area (TPSA) is 72.3 Å². The van der Waals surface area contributed by atoms with Crippen LogP contribution >= 0.6 is 23.4 Å². The van der Waals surface area contributed by atoms with Gasteiger partial charge in [-0.1, -0.05) is 41.6 Å². The second-order valence-electron chi connectivity index (χ2n) is 7.29. The van der Waals surface area contributed by atoms with Crippen LogP contribution in [0.2, 0.25) is 5.02 Å². The lowest BCUT2D eigenvalue weighted by Crippen LogP contribution is -2.22. The van der Waals surface area contributed by atoms with Gasteiger partial charge >= 0.3 is 0 Å². The normalized spacial score (nSPS) is 11.1. The first kappa shape index (κ1) is 21.1. The molecule has 33 heavy (non-hydrogen) atoms. The first-order chi connectivity index (χ1) is 16.1. The van der Waals surface area contributed by atoms with Crippen molar-refractivity contribution < 1.29 is 4.74 Å². The maximum atomic E-state index is 13.6. The lowest BCUT2D eigenvalue weighted by Gasteiger charge is -2.15. The second kappa shape index (κ2) is 8.66. The van der Waals surface area contributed by atoms with Crippen LogP contribution in [0.15, 0.2) is 83.0 Å². The largest absolute Gasteiger partial charge is 0.495 e. The fourth-order valence-electron chi connectivity index (χ4n) is 3.82. The van der Waals surface area contributed by atoms with E-state index in [1.807, 2.05) is 53.2 Å². The molecule has 0 aliphatic rings. The highest BCUT2D eigenvalue weighted by Crippen LogP contribution is 2.31. The van der Waals surface area contributed by atoms with Crippen molar-refractivity contribution in [2.75, 3.05) is 7.11 Å². The SMILES string of the molecule is COc1ccccc1-n1c(SCc2cn3ccccc3c2C#N)nc2cc(Cl)ccc2c1=O. The van der Waals surface area contributed by atoms with Gasteiger partial charge < -0.3 is 9.14 Å². The Bertz CT molecular complexity index is 1620. The third-order valence-corrected chi connectivity index (χ3v) is 6.58. The summed E-state index contributed by atoms with van der Waals surface area (Å²) in [4.78, 5) is 18.3. The van der Waals surface area contributed by atoms with Gasteiger partial charge in [0.2, 0.25) is 0 Å². The number of nitrogens with zero attached hydrogens (tertiary/aromatic N) is 4. The van der Waals surface area contributed by atoms with Crippen LogP contribution in [-0.4, -0.2) is 21.1 Å². The Morgan fingerprint density at radius 2 is 1.97 bits per heavy atom. The van der Waals surface area contributed by atoms with Gasteiger partial charge in [0, 0.05) is 23.2 Å². The molecule has 0 aliphatic carbocycles. The molecule has 0 N–H and O–H groups in total. The lowest BCUT2D eigenvalue weighted by molar-refractivity contribution is 0.411. The monoisotopic (exact) mass is 472 g/mol. The van der Waals surface area contributed by atoms with Crippen molar-refractivity contribution in [1.82, 2.24) is 14.0 Å². The number of ether oxygens (including phenoxy) is 1. The molecule has 0 aliphatic heterocycles. The standard InChI is InChI=1S/C25H17ClN4O2S/c1-32-23-8-3-2-7-22(23)30-24(31)18-10-9-17(26)12-20(18)28-25(30)33-15-16-14-29-11-5-4-6-21(29)19(16)13-27/h2-12,14H,15H2,1H3. The van der Waals surface area contributed by atoms with Gasteiger partial charge in [-0.25, -0.2) is 4.98 Å². The summed E-state index contributed by atoms with van der Waals surface area (Å²) in [5, 5.41) is 11.2. The molecule has 3 heterocycles. The molecule has 6 nitrogen and oxygen atoms in total. The maximum Gasteiger partial charge on any atom is 0.266 e. The van der Waals surface area contributed by atoms with Crippen LogP contribution in [0.25, 0.3) is 22.1 Å². The average Bonchev–Trinajstić information content (AvgIpc) is 3.20. The van der Waals surface area contributed by atoms with E-state index in [0.717, 1.165) is 11.1 Å². The molecule has 162 valence electrons. The van der Waals surface area contributed by atoms with Crippen LogP contribution in [0.1, 0.15) is 11.1 Å². The lowest BCUT2D eigenvalue weighted by atomic mass is 10.2. The van der Waals surface area contributed by atoms with Crippen LogP contribution in [0, 0.1) is 11.3 Å². The second-order valence-corrected chi connectivity index (χ2v) is 8.67. The van der Waals surface area contributed by atoms with Crippen molar-refractivity contribution in [2.45, 2.75) is 10.9 Å². The molecule has 0 amide bonds. The molecular formula is C25H17ClN4O2S. The highest BCUT2D eigenvalue weighted by Gasteiger charge is 2.18. The molecular weight excluding hydrogens is 456 g/mol. The molecule has 5 rings (SSSR count). The smallest absolute Gasteiger partial charge is 0.266 e. The molecule has 5 aromatic rings. The molecule has 0 unspecified atom stereocenters. The van der Waals surface area contributed by atoms with Crippen molar-refractivity contribution in [3.05, 3.63) is 99.6 Å². The minimum absolute atomic E-state index is 0.216. The molecule has 0 spiro atoms. The van der Waals surface area contributed by atoms with Crippen LogP contribution in [0.4, 0.5) is 0 Å². The molecule has 0 saturated heterocycles. The van der Waals surface area contributed by atoms with Gasteiger partial charge in [-0.15, -0.1) is 0 Å². The van der Waals surface area contributed by atoms with Crippen molar-refractivity contribution in [1.29, 1.82) is 5.26 Å². The zero-order chi connectivity index (χ0) is 22.9. The molecule has 0 fully saturated rings. The van der Waals surface area contributed by atoms with Crippen molar-refractivity contribution >= 4 is 39.8 Å². The first-order valence-electron chi connectivity index (χ1n) is 10.1. The molecule has 0 saturated carbocycles. The summed E-state index contributed by atoms with van der Waals surface area (Å²) in [5.74, 6) is 1.02. The number of methoxy groups -OCH3 is 1. The molecule has 0 radical (unpaired) electrons. The average molecular weight is 473 g/mol. The number of fused-ring (bicyclic) bond motifs is 2. The number of rotatable bonds is 5. The number of hydrogen-bond donors (Lipinski definition) is 0. The molecule has 3 aromatic heterocycles. The van der Waals surface area contributed by atoms with Crippen LogP contribution in [-0.2, 0) is 5.75 Å². The van der Waals surface area contributed by atoms with Gasteiger partial charge in [0.05, 0.1) is 34.8 Å². The number of hydrogen-bond acceptors (Lipinski definition) is 5.